The predicted octanol–water partition coefficient (Wildman–Crippen LogP) is 5.95. The van der Waals surface area contributed by atoms with E-state index in [0.717, 1.165) is 36.0 Å². The first-order chi connectivity index (χ1) is 10.2. The zero-order chi connectivity index (χ0) is 14.9. The van der Waals surface area contributed by atoms with Crippen molar-refractivity contribution in [2.45, 2.75) is 84.5 Å². The van der Waals surface area contributed by atoms with Crippen LogP contribution < -0.4 is 0 Å². The molecule has 1 nitrogen and oxygen atoms in total. The Kier molecular flexibility index (Phi) is 4.63. The van der Waals surface area contributed by atoms with Gasteiger partial charge in [0, 0.05) is 0 Å². The third-order valence-electron chi connectivity index (χ3n) is 7.37. The first-order valence-corrected chi connectivity index (χ1v) is 9.62. The van der Waals surface area contributed by atoms with E-state index < -0.39 is 0 Å². The molecule has 3 rings (SSSR count). The summed E-state index contributed by atoms with van der Waals surface area (Å²) in [6.07, 6.45) is 14.9. The highest BCUT2D eigenvalue weighted by molar-refractivity contribution is 5.06. The third-order valence-corrected chi connectivity index (χ3v) is 7.37. The van der Waals surface area contributed by atoms with Crippen molar-refractivity contribution in [3.8, 4) is 6.07 Å². The van der Waals surface area contributed by atoms with Gasteiger partial charge in [0.25, 0.3) is 0 Å². The summed E-state index contributed by atoms with van der Waals surface area (Å²) in [7, 11) is 0. The summed E-state index contributed by atoms with van der Waals surface area (Å²) in [5, 5.41) is 9.71. The molecule has 21 heavy (non-hydrogen) atoms. The van der Waals surface area contributed by atoms with Crippen LogP contribution in [0, 0.1) is 46.3 Å². The molecule has 0 aromatic heterocycles. The first kappa shape index (κ1) is 15.4. The van der Waals surface area contributed by atoms with Crippen LogP contribution in [0.4, 0.5) is 0 Å². The lowest BCUT2D eigenvalue weighted by Crippen LogP contribution is -2.43. The van der Waals surface area contributed by atoms with E-state index in [1.165, 1.54) is 64.2 Å². The van der Waals surface area contributed by atoms with Crippen LogP contribution in [0.3, 0.4) is 0 Å². The highest BCUT2D eigenvalue weighted by Crippen LogP contribution is 2.56. The molecule has 0 heterocycles. The van der Waals surface area contributed by atoms with Crippen LogP contribution in [0.2, 0.25) is 0 Å². The van der Waals surface area contributed by atoms with E-state index in [4.69, 9.17) is 0 Å². The molecule has 3 saturated carbocycles. The number of nitriles is 1. The molecule has 0 aromatic rings. The van der Waals surface area contributed by atoms with Gasteiger partial charge in [-0.25, -0.2) is 0 Å². The molecule has 0 bridgehead atoms. The summed E-state index contributed by atoms with van der Waals surface area (Å²) < 4.78 is 0. The Morgan fingerprint density at radius 3 is 2.48 bits per heavy atom. The van der Waals surface area contributed by atoms with E-state index in [9.17, 15) is 5.26 Å². The van der Waals surface area contributed by atoms with Gasteiger partial charge in [-0.05, 0) is 81.0 Å². The van der Waals surface area contributed by atoms with Crippen LogP contribution in [-0.4, -0.2) is 0 Å². The van der Waals surface area contributed by atoms with Crippen molar-refractivity contribution in [1.82, 2.24) is 0 Å². The molecular weight excluding hydrogens is 254 g/mol. The third kappa shape index (κ3) is 2.88. The van der Waals surface area contributed by atoms with Crippen molar-refractivity contribution in [3.05, 3.63) is 0 Å². The topological polar surface area (TPSA) is 23.8 Å². The van der Waals surface area contributed by atoms with Crippen molar-refractivity contribution in [2.75, 3.05) is 0 Å². The van der Waals surface area contributed by atoms with Crippen molar-refractivity contribution < 1.29 is 0 Å². The molecule has 0 saturated heterocycles. The van der Waals surface area contributed by atoms with Crippen molar-refractivity contribution in [1.29, 1.82) is 5.26 Å². The van der Waals surface area contributed by atoms with Gasteiger partial charge in [0.1, 0.15) is 0 Å². The zero-order valence-corrected chi connectivity index (χ0v) is 14.1. The average Bonchev–Trinajstić information content (AvgIpc) is 2.54. The molecule has 0 amide bonds. The predicted molar refractivity (Wildman–Crippen MR) is 87.6 cm³/mol. The number of nitrogens with zero attached hydrogens (tertiary/aromatic N) is 1. The molecule has 0 radical (unpaired) electrons. The summed E-state index contributed by atoms with van der Waals surface area (Å²) >= 11 is 0. The van der Waals surface area contributed by atoms with Gasteiger partial charge < -0.3 is 0 Å². The minimum absolute atomic E-state index is 0.0450. The lowest BCUT2D eigenvalue weighted by atomic mass is 9.52. The fourth-order valence-electron chi connectivity index (χ4n) is 6.26. The SMILES string of the molecule is CCC[C@]1(C#N)CCC2C(CCC3C[C@H](CC)CCC32)C1. The second-order valence-electron chi connectivity index (χ2n) is 8.40. The van der Waals surface area contributed by atoms with Gasteiger partial charge in [-0.1, -0.05) is 33.1 Å². The van der Waals surface area contributed by atoms with E-state index in [-0.39, 0.29) is 5.41 Å². The molecule has 0 N–H and O–H groups in total. The van der Waals surface area contributed by atoms with Crippen LogP contribution in [0.5, 0.6) is 0 Å². The molecule has 0 aromatic carbocycles. The van der Waals surface area contributed by atoms with Gasteiger partial charge in [0.05, 0.1) is 11.5 Å². The summed E-state index contributed by atoms with van der Waals surface area (Å²) in [4.78, 5) is 0. The zero-order valence-electron chi connectivity index (χ0n) is 14.1. The van der Waals surface area contributed by atoms with Crippen molar-refractivity contribution in [3.63, 3.8) is 0 Å². The van der Waals surface area contributed by atoms with Crippen LogP contribution in [0.15, 0.2) is 0 Å². The quantitative estimate of drug-likeness (QED) is 0.629. The van der Waals surface area contributed by atoms with Crippen molar-refractivity contribution >= 4 is 0 Å². The molecular formula is C20H33N. The fraction of sp³-hybridized carbons (Fsp3) is 0.950. The highest BCUT2D eigenvalue weighted by atomic mass is 14.5. The highest BCUT2D eigenvalue weighted by Gasteiger charge is 2.48. The van der Waals surface area contributed by atoms with Gasteiger partial charge in [0.2, 0.25) is 0 Å². The number of rotatable bonds is 3. The largest absolute Gasteiger partial charge is 0.198 e. The van der Waals surface area contributed by atoms with Gasteiger partial charge in [-0.3, -0.25) is 0 Å². The summed E-state index contributed by atoms with van der Waals surface area (Å²) in [5.74, 6) is 4.92. The fourth-order valence-corrected chi connectivity index (χ4v) is 6.26. The maximum absolute atomic E-state index is 9.71. The molecule has 6 atom stereocenters. The monoisotopic (exact) mass is 287 g/mol. The minimum Gasteiger partial charge on any atom is -0.198 e. The Bertz CT molecular complexity index is 395. The van der Waals surface area contributed by atoms with Crippen LogP contribution in [0.25, 0.3) is 0 Å². The smallest absolute Gasteiger partial charge is 0.0689 e. The summed E-state index contributed by atoms with van der Waals surface area (Å²) in [6.45, 7) is 4.62. The van der Waals surface area contributed by atoms with Crippen molar-refractivity contribution in [2.24, 2.45) is 35.0 Å². The normalized spacial score (nSPS) is 46.2. The summed E-state index contributed by atoms with van der Waals surface area (Å²) in [6, 6.07) is 2.74. The van der Waals surface area contributed by atoms with Gasteiger partial charge in [-0.2, -0.15) is 5.26 Å². The lowest BCUT2D eigenvalue weighted by molar-refractivity contribution is -0.0171. The Balaban J connectivity index is 1.68. The van der Waals surface area contributed by atoms with E-state index in [0.29, 0.717) is 0 Å². The van der Waals surface area contributed by atoms with E-state index in [1.807, 2.05) is 0 Å². The Morgan fingerprint density at radius 1 is 1.00 bits per heavy atom. The molecule has 118 valence electrons. The molecule has 3 aliphatic carbocycles. The molecule has 3 fully saturated rings. The first-order valence-electron chi connectivity index (χ1n) is 9.62. The molecule has 3 aliphatic rings. The van der Waals surface area contributed by atoms with Crippen LogP contribution in [0.1, 0.15) is 84.5 Å². The molecule has 4 unspecified atom stereocenters. The molecule has 0 aliphatic heterocycles. The van der Waals surface area contributed by atoms with Crippen LogP contribution >= 0.6 is 0 Å². The number of hydrogen-bond acceptors (Lipinski definition) is 1. The van der Waals surface area contributed by atoms with E-state index >= 15 is 0 Å². The van der Waals surface area contributed by atoms with E-state index in [2.05, 4.69) is 19.9 Å². The standard InChI is InChI=1S/C20H33N/c1-3-10-20(14-21)11-9-19-17(13-20)7-6-16-12-15(4-2)5-8-18(16)19/h15-19H,3-13H2,1-2H3/t15-,16?,17?,18?,19?,20+/m1/s1. The van der Waals surface area contributed by atoms with E-state index in [1.54, 1.807) is 0 Å². The van der Waals surface area contributed by atoms with Gasteiger partial charge in [-0.15, -0.1) is 0 Å². The minimum atomic E-state index is 0.0450. The number of hydrogen-bond donors (Lipinski definition) is 0. The maximum Gasteiger partial charge on any atom is 0.0689 e. The average molecular weight is 287 g/mol. The Labute approximate surface area is 131 Å². The molecule has 0 spiro atoms. The summed E-state index contributed by atoms with van der Waals surface area (Å²) in [5.41, 5.74) is 0.0450. The van der Waals surface area contributed by atoms with Gasteiger partial charge in [0.15, 0.2) is 0 Å². The number of fused-ring (bicyclic) bond motifs is 3. The lowest BCUT2D eigenvalue weighted by Gasteiger charge is -2.52. The van der Waals surface area contributed by atoms with Gasteiger partial charge >= 0.3 is 0 Å². The Morgan fingerprint density at radius 2 is 1.76 bits per heavy atom. The second-order valence-corrected chi connectivity index (χ2v) is 8.40. The molecule has 1 heteroatoms. The van der Waals surface area contributed by atoms with Crippen LogP contribution in [-0.2, 0) is 0 Å². The second kappa shape index (κ2) is 6.31. The maximum atomic E-state index is 9.71. The Hall–Kier alpha value is -0.510.